The molecule has 1 atom stereocenters. The predicted molar refractivity (Wildman–Crippen MR) is 71.4 cm³/mol. The molecule has 1 aromatic carbocycles. The van der Waals surface area contributed by atoms with E-state index in [9.17, 15) is 14.0 Å². The Balaban J connectivity index is 1.63. The van der Waals surface area contributed by atoms with Crippen LogP contribution in [-0.2, 0) is 20.9 Å². The van der Waals surface area contributed by atoms with Gasteiger partial charge in [0.2, 0.25) is 0 Å². The van der Waals surface area contributed by atoms with Gasteiger partial charge in [-0.05, 0) is 5.56 Å². The first-order valence-electron chi connectivity index (χ1n) is 6.77. The molecule has 0 aromatic heterocycles. The molecule has 0 bridgehead atoms. The molecule has 0 saturated carbocycles. The highest BCUT2D eigenvalue weighted by molar-refractivity contribution is 5.73. The van der Waals surface area contributed by atoms with Crippen LogP contribution in [0.3, 0.4) is 0 Å². The molecule has 21 heavy (non-hydrogen) atoms. The van der Waals surface area contributed by atoms with Crippen LogP contribution in [0.5, 0.6) is 0 Å². The summed E-state index contributed by atoms with van der Waals surface area (Å²) >= 11 is 0. The van der Waals surface area contributed by atoms with E-state index < -0.39 is 17.2 Å². The summed E-state index contributed by atoms with van der Waals surface area (Å²) in [5, 5.41) is 0. The molecule has 0 unspecified atom stereocenters. The van der Waals surface area contributed by atoms with Crippen molar-refractivity contribution in [3.8, 4) is 0 Å². The summed E-state index contributed by atoms with van der Waals surface area (Å²) in [6.45, 7) is 0.318. The number of rotatable bonds is 3. The smallest absolute Gasteiger partial charge is 0.410 e. The highest BCUT2D eigenvalue weighted by atomic mass is 19.1. The molecule has 0 radical (unpaired) electrons. The largest absolute Gasteiger partial charge is 0.445 e. The average molecular weight is 293 g/mol. The lowest BCUT2D eigenvalue weighted by atomic mass is 9.75. The Morgan fingerprint density at radius 2 is 2.05 bits per heavy atom. The van der Waals surface area contributed by atoms with Gasteiger partial charge < -0.3 is 14.4 Å². The first-order valence-corrected chi connectivity index (χ1v) is 6.77. The standard InChI is InChI=1S/C15H16FNO4/c16-15(9-18)8-17(7-14(15)10-20-11-14)13(19)21-6-12-4-2-1-3-5-12/h1-5,9H,6-8,10-11H2/t15-/m0/s1. The Bertz CT molecular complexity index is 546. The van der Waals surface area contributed by atoms with Crippen LogP contribution in [0.1, 0.15) is 5.56 Å². The summed E-state index contributed by atoms with van der Waals surface area (Å²) in [6.07, 6.45) is -0.313. The highest BCUT2D eigenvalue weighted by Gasteiger charge is 2.64. The number of carbonyl (C=O) groups excluding carboxylic acids is 2. The number of likely N-dealkylation sites (tertiary alicyclic amines) is 1. The maximum absolute atomic E-state index is 14.6. The summed E-state index contributed by atoms with van der Waals surface area (Å²) in [5.41, 5.74) is -2.09. The van der Waals surface area contributed by atoms with Crippen molar-refractivity contribution in [1.82, 2.24) is 4.90 Å². The summed E-state index contributed by atoms with van der Waals surface area (Å²) < 4.78 is 24.8. The van der Waals surface area contributed by atoms with Crippen LogP contribution in [-0.4, -0.2) is 49.3 Å². The van der Waals surface area contributed by atoms with Crippen molar-refractivity contribution >= 4 is 12.4 Å². The quantitative estimate of drug-likeness (QED) is 0.794. The van der Waals surface area contributed by atoms with Crippen molar-refractivity contribution in [2.24, 2.45) is 5.41 Å². The molecule has 2 aliphatic heterocycles. The minimum atomic E-state index is -2.04. The number of amides is 1. The van der Waals surface area contributed by atoms with E-state index in [1.54, 1.807) is 0 Å². The molecule has 0 N–H and O–H groups in total. The molecule has 2 aliphatic rings. The zero-order chi connectivity index (χ0) is 14.9. The molecular formula is C15H16FNO4. The van der Waals surface area contributed by atoms with Crippen LogP contribution in [0, 0.1) is 5.41 Å². The van der Waals surface area contributed by atoms with E-state index in [0.29, 0.717) is 6.29 Å². The van der Waals surface area contributed by atoms with Gasteiger partial charge in [-0.2, -0.15) is 0 Å². The fourth-order valence-corrected chi connectivity index (χ4v) is 2.78. The van der Waals surface area contributed by atoms with Crippen molar-refractivity contribution in [2.45, 2.75) is 12.3 Å². The normalized spacial score (nSPS) is 26.4. The summed E-state index contributed by atoms with van der Waals surface area (Å²) in [4.78, 5) is 24.4. The van der Waals surface area contributed by atoms with Crippen LogP contribution in [0.15, 0.2) is 30.3 Å². The summed E-state index contributed by atoms with van der Waals surface area (Å²) in [7, 11) is 0. The third kappa shape index (κ3) is 2.29. The minimum Gasteiger partial charge on any atom is -0.445 e. The third-order valence-electron chi connectivity index (χ3n) is 4.20. The van der Waals surface area contributed by atoms with Crippen LogP contribution >= 0.6 is 0 Å². The molecule has 1 aromatic rings. The van der Waals surface area contributed by atoms with E-state index in [1.807, 2.05) is 30.3 Å². The molecule has 1 amide bonds. The molecule has 5 nitrogen and oxygen atoms in total. The average Bonchev–Trinajstić information content (AvgIpc) is 2.80. The van der Waals surface area contributed by atoms with Gasteiger partial charge >= 0.3 is 6.09 Å². The molecule has 3 rings (SSSR count). The van der Waals surface area contributed by atoms with Gasteiger partial charge in [-0.25, -0.2) is 9.18 Å². The number of hydrogen-bond acceptors (Lipinski definition) is 4. The number of aldehydes is 1. The van der Waals surface area contributed by atoms with Gasteiger partial charge in [0.15, 0.2) is 12.0 Å². The van der Waals surface area contributed by atoms with Gasteiger partial charge in [-0.1, -0.05) is 30.3 Å². The van der Waals surface area contributed by atoms with Gasteiger partial charge in [0.25, 0.3) is 0 Å². The van der Waals surface area contributed by atoms with E-state index in [2.05, 4.69) is 0 Å². The van der Waals surface area contributed by atoms with Crippen LogP contribution in [0.4, 0.5) is 9.18 Å². The fourth-order valence-electron chi connectivity index (χ4n) is 2.78. The second kappa shape index (κ2) is 5.11. The zero-order valence-corrected chi connectivity index (χ0v) is 11.5. The van der Waals surface area contributed by atoms with Gasteiger partial charge in [0.05, 0.1) is 25.2 Å². The molecule has 0 aliphatic carbocycles. The number of alkyl halides is 1. The van der Waals surface area contributed by atoms with Crippen molar-refractivity contribution in [1.29, 1.82) is 0 Å². The maximum atomic E-state index is 14.6. The number of benzene rings is 1. The van der Waals surface area contributed by atoms with Gasteiger partial charge in [-0.3, -0.25) is 4.79 Å². The Morgan fingerprint density at radius 3 is 2.57 bits per heavy atom. The lowest BCUT2D eigenvalue weighted by molar-refractivity contribution is -0.170. The first kappa shape index (κ1) is 14.0. The van der Waals surface area contributed by atoms with Gasteiger partial charge in [0, 0.05) is 6.54 Å². The molecule has 6 heteroatoms. The Kier molecular flexibility index (Phi) is 3.41. The van der Waals surface area contributed by atoms with Crippen molar-refractivity contribution in [3.63, 3.8) is 0 Å². The summed E-state index contributed by atoms with van der Waals surface area (Å²) in [5.74, 6) is 0. The number of hydrogen-bond donors (Lipinski definition) is 0. The monoisotopic (exact) mass is 293 g/mol. The molecule has 2 fully saturated rings. The molecule has 1 spiro atoms. The van der Waals surface area contributed by atoms with Crippen LogP contribution < -0.4 is 0 Å². The van der Waals surface area contributed by atoms with E-state index >= 15 is 0 Å². The van der Waals surface area contributed by atoms with E-state index in [0.717, 1.165) is 5.56 Å². The topological polar surface area (TPSA) is 55.8 Å². The van der Waals surface area contributed by atoms with E-state index in [1.165, 1.54) is 4.90 Å². The number of nitrogens with zero attached hydrogens (tertiary/aromatic N) is 1. The van der Waals surface area contributed by atoms with E-state index in [-0.39, 0.29) is 32.9 Å². The van der Waals surface area contributed by atoms with Crippen molar-refractivity contribution in [2.75, 3.05) is 26.3 Å². The number of carbonyl (C=O) groups is 2. The van der Waals surface area contributed by atoms with Crippen LogP contribution in [0.25, 0.3) is 0 Å². The third-order valence-corrected chi connectivity index (χ3v) is 4.20. The predicted octanol–water partition coefficient (Wildman–Crippen LogP) is 1.56. The second-order valence-electron chi connectivity index (χ2n) is 5.65. The lowest BCUT2D eigenvalue weighted by Gasteiger charge is -2.42. The molecular weight excluding hydrogens is 277 g/mol. The van der Waals surface area contributed by atoms with Gasteiger partial charge in [-0.15, -0.1) is 0 Å². The lowest BCUT2D eigenvalue weighted by Crippen LogP contribution is -2.57. The second-order valence-corrected chi connectivity index (χ2v) is 5.65. The highest BCUT2D eigenvalue weighted by Crippen LogP contribution is 2.46. The Labute approximate surface area is 121 Å². The Morgan fingerprint density at radius 1 is 1.33 bits per heavy atom. The van der Waals surface area contributed by atoms with Crippen molar-refractivity contribution < 1.29 is 23.5 Å². The van der Waals surface area contributed by atoms with Crippen molar-refractivity contribution in [3.05, 3.63) is 35.9 Å². The maximum Gasteiger partial charge on any atom is 0.410 e. The molecule has 2 saturated heterocycles. The first-order chi connectivity index (χ1) is 10.1. The minimum absolute atomic E-state index is 0.125. The SMILES string of the molecule is O=C[C@@]1(F)CN(C(=O)OCc2ccccc2)CC12COC2. The number of halogens is 1. The van der Waals surface area contributed by atoms with E-state index in [4.69, 9.17) is 9.47 Å². The Hall–Kier alpha value is -1.95. The van der Waals surface area contributed by atoms with Gasteiger partial charge in [0.1, 0.15) is 6.61 Å². The zero-order valence-electron chi connectivity index (χ0n) is 11.5. The summed E-state index contributed by atoms with van der Waals surface area (Å²) in [6, 6.07) is 9.23. The fraction of sp³-hybridized carbons (Fsp3) is 0.467. The van der Waals surface area contributed by atoms with Crippen LogP contribution in [0.2, 0.25) is 0 Å². The molecule has 2 heterocycles. The number of ether oxygens (including phenoxy) is 2. The molecule has 112 valence electrons.